The molecule has 0 radical (unpaired) electrons. The monoisotopic (exact) mass is 196 g/mol. The Kier molecular flexibility index (Phi) is 6.81. The molecule has 0 saturated heterocycles. The van der Waals surface area contributed by atoms with Crippen molar-refractivity contribution in [3.8, 4) is 0 Å². The van der Waals surface area contributed by atoms with Crippen molar-refractivity contribution in [2.45, 2.75) is 33.6 Å². The summed E-state index contributed by atoms with van der Waals surface area (Å²) >= 11 is 0. The van der Waals surface area contributed by atoms with Crippen molar-refractivity contribution < 1.29 is 9.53 Å². The SMILES string of the molecule is C=CC/C(=C\CC(C)C)C(=O)OCC. The maximum atomic E-state index is 11.4. The van der Waals surface area contributed by atoms with E-state index in [1.54, 1.807) is 6.08 Å². The van der Waals surface area contributed by atoms with E-state index >= 15 is 0 Å². The molecule has 0 saturated carbocycles. The van der Waals surface area contributed by atoms with Crippen LogP contribution in [0.2, 0.25) is 0 Å². The average Bonchev–Trinajstić information content (AvgIpc) is 2.12. The molecule has 14 heavy (non-hydrogen) atoms. The Hall–Kier alpha value is -1.05. The van der Waals surface area contributed by atoms with Crippen LogP contribution in [0.1, 0.15) is 33.6 Å². The van der Waals surface area contributed by atoms with Gasteiger partial charge in [-0.1, -0.05) is 26.0 Å². The molecule has 0 aliphatic carbocycles. The zero-order valence-electron chi connectivity index (χ0n) is 9.38. The van der Waals surface area contributed by atoms with Crippen LogP contribution in [-0.2, 0) is 9.53 Å². The summed E-state index contributed by atoms with van der Waals surface area (Å²) in [4.78, 5) is 11.4. The predicted molar refractivity (Wildman–Crippen MR) is 59.0 cm³/mol. The Morgan fingerprint density at radius 1 is 1.50 bits per heavy atom. The summed E-state index contributed by atoms with van der Waals surface area (Å²) in [6, 6.07) is 0. The van der Waals surface area contributed by atoms with Gasteiger partial charge in [0.1, 0.15) is 0 Å². The first kappa shape index (κ1) is 12.9. The Labute approximate surface area is 86.6 Å². The molecule has 0 aliphatic heterocycles. The van der Waals surface area contributed by atoms with E-state index in [0.29, 0.717) is 18.9 Å². The van der Waals surface area contributed by atoms with Gasteiger partial charge in [-0.2, -0.15) is 0 Å². The summed E-state index contributed by atoms with van der Waals surface area (Å²) in [5.41, 5.74) is 0.718. The molecule has 0 aromatic carbocycles. The summed E-state index contributed by atoms with van der Waals surface area (Å²) in [7, 11) is 0. The molecule has 0 aromatic rings. The van der Waals surface area contributed by atoms with Gasteiger partial charge in [0, 0.05) is 5.57 Å². The van der Waals surface area contributed by atoms with Gasteiger partial charge < -0.3 is 4.74 Å². The highest BCUT2D eigenvalue weighted by Crippen LogP contribution is 2.10. The number of hydrogen-bond donors (Lipinski definition) is 0. The molecule has 0 aromatic heterocycles. The lowest BCUT2D eigenvalue weighted by molar-refractivity contribution is -0.138. The number of carbonyl (C=O) groups excluding carboxylic acids is 1. The van der Waals surface area contributed by atoms with E-state index in [9.17, 15) is 4.79 Å². The Balaban J connectivity index is 4.33. The van der Waals surface area contributed by atoms with Crippen LogP contribution in [0.4, 0.5) is 0 Å². The molecule has 2 nitrogen and oxygen atoms in total. The van der Waals surface area contributed by atoms with E-state index < -0.39 is 0 Å². The van der Waals surface area contributed by atoms with Crippen molar-refractivity contribution in [1.82, 2.24) is 0 Å². The number of allylic oxidation sites excluding steroid dienone is 2. The summed E-state index contributed by atoms with van der Waals surface area (Å²) in [5.74, 6) is 0.345. The first-order valence-electron chi connectivity index (χ1n) is 5.08. The predicted octanol–water partition coefficient (Wildman–Crippen LogP) is 3.10. The number of rotatable bonds is 6. The highest BCUT2D eigenvalue weighted by Gasteiger charge is 2.08. The van der Waals surface area contributed by atoms with Crippen LogP contribution in [-0.4, -0.2) is 12.6 Å². The van der Waals surface area contributed by atoms with Crippen molar-refractivity contribution in [2.75, 3.05) is 6.61 Å². The summed E-state index contributed by atoms with van der Waals surface area (Å²) in [6.07, 6.45) is 5.17. The number of esters is 1. The van der Waals surface area contributed by atoms with Gasteiger partial charge in [0.15, 0.2) is 0 Å². The third kappa shape index (κ3) is 5.57. The van der Waals surface area contributed by atoms with E-state index in [4.69, 9.17) is 4.74 Å². The molecule has 2 heteroatoms. The van der Waals surface area contributed by atoms with Crippen molar-refractivity contribution in [3.63, 3.8) is 0 Å². The van der Waals surface area contributed by atoms with Crippen molar-refractivity contribution in [2.24, 2.45) is 5.92 Å². The minimum atomic E-state index is -0.215. The van der Waals surface area contributed by atoms with Gasteiger partial charge in [0.25, 0.3) is 0 Å². The largest absolute Gasteiger partial charge is 0.463 e. The topological polar surface area (TPSA) is 26.3 Å². The van der Waals surface area contributed by atoms with E-state index in [-0.39, 0.29) is 5.97 Å². The second-order valence-electron chi connectivity index (χ2n) is 3.57. The first-order valence-corrected chi connectivity index (χ1v) is 5.08. The van der Waals surface area contributed by atoms with Crippen LogP contribution in [0.25, 0.3) is 0 Å². The molecule has 0 aliphatic rings. The Morgan fingerprint density at radius 2 is 2.14 bits per heavy atom. The normalized spacial score (nSPS) is 11.6. The number of carbonyl (C=O) groups is 1. The third-order valence-corrected chi connectivity index (χ3v) is 1.74. The van der Waals surface area contributed by atoms with E-state index in [2.05, 4.69) is 20.4 Å². The molecule has 0 spiro atoms. The van der Waals surface area contributed by atoms with Crippen LogP contribution in [0.3, 0.4) is 0 Å². The molecule has 0 rings (SSSR count). The van der Waals surface area contributed by atoms with E-state index in [1.807, 2.05) is 13.0 Å². The molecule has 0 amide bonds. The number of ether oxygens (including phenoxy) is 1. The third-order valence-electron chi connectivity index (χ3n) is 1.74. The minimum Gasteiger partial charge on any atom is -0.463 e. The summed E-state index contributed by atoms with van der Waals surface area (Å²) in [6.45, 7) is 10.1. The van der Waals surface area contributed by atoms with Gasteiger partial charge >= 0.3 is 5.97 Å². The molecule has 80 valence electrons. The quantitative estimate of drug-likeness (QED) is 0.370. The van der Waals surface area contributed by atoms with Crippen LogP contribution >= 0.6 is 0 Å². The van der Waals surface area contributed by atoms with Gasteiger partial charge in [0.05, 0.1) is 6.61 Å². The lowest BCUT2D eigenvalue weighted by Gasteiger charge is -2.05. The standard InChI is InChI=1S/C12H20O2/c1-5-7-11(9-8-10(3)4)12(13)14-6-2/h5,9-10H,1,6-8H2,2-4H3/b11-9+. The molecule has 0 heterocycles. The fourth-order valence-electron chi connectivity index (χ4n) is 1.01. The maximum Gasteiger partial charge on any atom is 0.333 e. The molecule has 0 N–H and O–H groups in total. The van der Waals surface area contributed by atoms with Crippen LogP contribution in [0.5, 0.6) is 0 Å². The Bertz CT molecular complexity index is 214. The summed E-state index contributed by atoms with van der Waals surface area (Å²) < 4.78 is 4.93. The van der Waals surface area contributed by atoms with Crippen LogP contribution < -0.4 is 0 Å². The zero-order valence-corrected chi connectivity index (χ0v) is 9.38. The summed E-state index contributed by atoms with van der Waals surface area (Å²) in [5, 5.41) is 0. The Morgan fingerprint density at radius 3 is 2.57 bits per heavy atom. The van der Waals surface area contributed by atoms with Crippen LogP contribution in [0, 0.1) is 5.92 Å². The van der Waals surface area contributed by atoms with Crippen LogP contribution in [0.15, 0.2) is 24.3 Å². The van der Waals surface area contributed by atoms with Gasteiger partial charge in [-0.3, -0.25) is 0 Å². The van der Waals surface area contributed by atoms with Gasteiger partial charge in [-0.15, -0.1) is 6.58 Å². The van der Waals surface area contributed by atoms with Gasteiger partial charge in [-0.05, 0) is 25.7 Å². The highest BCUT2D eigenvalue weighted by molar-refractivity contribution is 5.88. The molecular weight excluding hydrogens is 176 g/mol. The lowest BCUT2D eigenvalue weighted by Crippen LogP contribution is -2.07. The molecule has 0 fully saturated rings. The van der Waals surface area contributed by atoms with Crippen molar-refractivity contribution in [3.05, 3.63) is 24.3 Å². The average molecular weight is 196 g/mol. The van der Waals surface area contributed by atoms with Crippen molar-refractivity contribution >= 4 is 5.97 Å². The van der Waals surface area contributed by atoms with E-state index in [0.717, 1.165) is 12.0 Å². The second kappa shape index (κ2) is 7.36. The first-order chi connectivity index (χ1) is 6.61. The fourth-order valence-corrected chi connectivity index (χ4v) is 1.01. The van der Waals surface area contributed by atoms with Gasteiger partial charge in [-0.25, -0.2) is 4.79 Å². The minimum absolute atomic E-state index is 0.215. The molecule has 0 unspecified atom stereocenters. The zero-order chi connectivity index (χ0) is 11.0. The number of hydrogen-bond acceptors (Lipinski definition) is 2. The molecular formula is C12H20O2. The maximum absolute atomic E-state index is 11.4. The second-order valence-corrected chi connectivity index (χ2v) is 3.57. The van der Waals surface area contributed by atoms with Gasteiger partial charge in [0.2, 0.25) is 0 Å². The molecule has 0 atom stereocenters. The van der Waals surface area contributed by atoms with E-state index in [1.165, 1.54) is 0 Å². The van der Waals surface area contributed by atoms with Crippen molar-refractivity contribution in [1.29, 1.82) is 0 Å². The fraction of sp³-hybridized carbons (Fsp3) is 0.583. The smallest absolute Gasteiger partial charge is 0.333 e. The lowest BCUT2D eigenvalue weighted by atomic mass is 10.1. The molecule has 0 bridgehead atoms. The highest BCUT2D eigenvalue weighted by atomic mass is 16.5.